The zero-order valence-corrected chi connectivity index (χ0v) is 12.3. The monoisotopic (exact) mass is 314 g/mol. The maximum absolute atomic E-state index is 9.06. The van der Waals surface area contributed by atoms with Crippen LogP contribution in [-0.4, -0.2) is 0 Å². The normalized spacial score (nSPS) is 11.8. The maximum Gasteiger partial charge on any atom is 0.0995 e. The van der Waals surface area contributed by atoms with Crippen LogP contribution < -0.4 is 5.32 Å². The third-order valence-electron chi connectivity index (χ3n) is 3.11. The molecule has 0 aliphatic heterocycles. The van der Waals surface area contributed by atoms with Gasteiger partial charge in [0.2, 0.25) is 0 Å². The largest absolute Gasteiger partial charge is 0.306 e. The summed E-state index contributed by atoms with van der Waals surface area (Å²) in [6, 6.07) is 18.3. The molecule has 0 spiro atoms. The van der Waals surface area contributed by atoms with E-state index in [1.165, 1.54) is 5.56 Å². The third kappa shape index (κ3) is 3.44. The average molecular weight is 315 g/mol. The average Bonchev–Trinajstić information content (AvgIpc) is 2.45. The molecule has 1 N–H and O–H groups in total. The number of nitrogens with zero attached hydrogens (tertiary/aromatic N) is 1. The van der Waals surface area contributed by atoms with Crippen LogP contribution in [0.4, 0.5) is 0 Å². The standard InChI is InChI=1S/C16H15BrN2/c1-12(15-8-4-5-9-16(15)17)19-11-14-7-3-2-6-13(14)10-18/h2-9,12,19H,11H2,1H3. The summed E-state index contributed by atoms with van der Waals surface area (Å²) in [5.74, 6) is 0. The molecule has 0 saturated heterocycles. The molecule has 2 rings (SSSR count). The Morgan fingerprint density at radius 2 is 1.84 bits per heavy atom. The second-order valence-electron chi connectivity index (χ2n) is 4.39. The summed E-state index contributed by atoms with van der Waals surface area (Å²) in [6.45, 7) is 2.81. The molecule has 0 radical (unpaired) electrons. The lowest BCUT2D eigenvalue weighted by molar-refractivity contribution is 0.572. The van der Waals surface area contributed by atoms with E-state index < -0.39 is 0 Å². The summed E-state index contributed by atoms with van der Waals surface area (Å²) in [5.41, 5.74) is 2.98. The van der Waals surface area contributed by atoms with Gasteiger partial charge in [0.25, 0.3) is 0 Å². The van der Waals surface area contributed by atoms with Gasteiger partial charge in [-0.1, -0.05) is 52.3 Å². The van der Waals surface area contributed by atoms with Crippen molar-refractivity contribution in [1.82, 2.24) is 5.32 Å². The molecule has 1 unspecified atom stereocenters. The Bertz CT molecular complexity index is 602. The van der Waals surface area contributed by atoms with Crippen LogP contribution in [0.1, 0.15) is 29.7 Å². The van der Waals surface area contributed by atoms with E-state index in [-0.39, 0.29) is 6.04 Å². The van der Waals surface area contributed by atoms with E-state index in [4.69, 9.17) is 5.26 Å². The summed E-state index contributed by atoms with van der Waals surface area (Å²) in [4.78, 5) is 0. The van der Waals surface area contributed by atoms with Crippen molar-refractivity contribution in [3.63, 3.8) is 0 Å². The molecule has 3 heteroatoms. The van der Waals surface area contributed by atoms with Crippen LogP contribution in [-0.2, 0) is 6.54 Å². The number of benzene rings is 2. The molecule has 0 amide bonds. The van der Waals surface area contributed by atoms with Crippen LogP contribution in [0.3, 0.4) is 0 Å². The van der Waals surface area contributed by atoms with Crippen LogP contribution in [0.5, 0.6) is 0 Å². The molecule has 0 bridgehead atoms. The third-order valence-corrected chi connectivity index (χ3v) is 3.83. The van der Waals surface area contributed by atoms with Gasteiger partial charge < -0.3 is 5.32 Å². The highest BCUT2D eigenvalue weighted by Crippen LogP contribution is 2.23. The summed E-state index contributed by atoms with van der Waals surface area (Å²) in [6.07, 6.45) is 0. The second kappa shape index (κ2) is 6.51. The van der Waals surface area contributed by atoms with Crippen LogP contribution >= 0.6 is 15.9 Å². The number of rotatable bonds is 4. The maximum atomic E-state index is 9.06. The summed E-state index contributed by atoms with van der Waals surface area (Å²) in [5, 5.41) is 12.5. The van der Waals surface area contributed by atoms with Gasteiger partial charge in [-0.15, -0.1) is 0 Å². The number of hydrogen-bond donors (Lipinski definition) is 1. The van der Waals surface area contributed by atoms with Gasteiger partial charge >= 0.3 is 0 Å². The Morgan fingerprint density at radius 1 is 1.16 bits per heavy atom. The van der Waals surface area contributed by atoms with Crippen molar-refractivity contribution in [1.29, 1.82) is 5.26 Å². The quantitative estimate of drug-likeness (QED) is 0.919. The highest BCUT2D eigenvalue weighted by molar-refractivity contribution is 9.10. The fourth-order valence-electron chi connectivity index (χ4n) is 1.98. The Hall–Kier alpha value is -1.63. The van der Waals surface area contributed by atoms with Gasteiger partial charge in [0.15, 0.2) is 0 Å². The van der Waals surface area contributed by atoms with E-state index in [2.05, 4.69) is 40.3 Å². The fourth-order valence-corrected chi connectivity index (χ4v) is 2.61. The van der Waals surface area contributed by atoms with Crippen molar-refractivity contribution in [2.75, 3.05) is 0 Å². The molecular weight excluding hydrogens is 300 g/mol. The van der Waals surface area contributed by atoms with E-state index >= 15 is 0 Å². The first-order valence-electron chi connectivity index (χ1n) is 6.18. The van der Waals surface area contributed by atoms with Crippen molar-refractivity contribution < 1.29 is 0 Å². The first-order chi connectivity index (χ1) is 9.22. The van der Waals surface area contributed by atoms with Crippen molar-refractivity contribution >= 4 is 15.9 Å². The highest BCUT2D eigenvalue weighted by atomic mass is 79.9. The van der Waals surface area contributed by atoms with Gasteiger partial charge in [0.1, 0.15) is 0 Å². The number of nitriles is 1. The number of halogens is 1. The van der Waals surface area contributed by atoms with E-state index in [9.17, 15) is 0 Å². The molecule has 2 aromatic rings. The zero-order chi connectivity index (χ0) is 13.7. The van der Waals surface area contributed by atoms with Gasteiger partial charge in [0.05, 0.1) is 11.6 Å². The summed E-state index contributed by atoms with van der Waals surface area (Å²) < 4.78 is 1.10. The minimum atomic E-state index is 0.224. The minimum absolute atomic E-state index is 0.224. The van der Waals surface area contributed by atoms with Gasteiger partial charge in [0, 0.05) is 17.1 Å². The first-order valence-corrected chi connectivity index (χ1v) is 6.97. The molecule has 0 heterocycles. The Labute approximate surface area is 122 Å². The number of nitrogens with one attached hydrogen (secondary N) is 1. The molecule has 0 fully saturated rings. The first kappa shape index (κ1) is 13.8. The molecule has 0 aliphatic rings. The lowest BCUT2D eigenvalue weighted by atomic mass is 10.1. The van der Waals surface area contributed by atoms with E-state index in [0.29, 0.717) is 6.54 Å². The molecule has 2 aromatic carbocycles. The lowest BCUT2D eigenvalue weighted by Crippen LogP contribution is -2.19. The minimum Gasteiger partial charge on any atom is -0.306 e. The fraction of sp³-hybridized carbons (Fsp3) is 0.188. The Balaban J connectivity index is 2.07. The van der Waals surface area contributed by atoms with Crippen LogP contribution in [0.25, 0.3) is 0 Å². The molecular formula is C16H15BrN2. The smallest absolute Gasteiger partial charge is 0.0995 e. The van der Waals surface area contributed by atoms with E-state index in [1.54, 1.807) is 0 Å². The molecule has 0 saturated carbocycles. The van der Waals surface area contributed by atoms with Crippen molar-refractivity contribution in [3.8, 4) is 6.07 Å². The molecule has 96 valence electrons. The topological polar surface area (TPSA) is 35.8 Å². The predicted octanol–water partition coefficient (Wildman–Crippen LogP) is 4.17. The molecule has 1 atom stereocenters. The second-order valence-corrected chi connectivity index (χ2v) is 5.25. The Kier molecular flexibility index (Phi) is 4.73. The predicted molar refractivity (Wildman–Crippen MR) is 80.6 cm³/mol. The van der Waals surface area contributed by atoms with Crippen LogP contribution in [0, 0.1) is 11.3 Å². The van der Waals surface area contributed by atoms with Gasteiger partial charge in [-0.05, 0) is 30.2 Å². The Morgan fingerprint density at radius 3 is 2.58 bits per heavy atom. The van der Waals surface area contributed by atoms with Crippen molar-refractivity contribution in [3.05, 3.63) is 69.7 Å². The van der Waals surface area contributed by atoms with Crippen molar-refractivity contribution in [2.45, 2.75) is 19.5 Å². The zero-order valence-electron chi connectivity index (χ0n) is 10.7. The summed E-state index contributed by atoms with van der Waals surface area (Å²) >= 11 is 3.56. The van der Waals surface area contributed by atoms with E-state index in [1.807, 2.05) is 42.5 Å². The van der Waals surface area contributed by atoms with Crippen LogP contribution in [0.2, 0.25) is 0 Å². The summed E-state index contributed by atoms with van der Waals surface area (Å²) in [7, 11) is 0. The molecule has 2 nitrogen and oxygen atoms in total. The molecule has 0 aromatic heterocycles. The van der Waals surface area contributed by atoms with Gasteiger partial charge in [-0.3, -0.25) is 0 Å². The van der Waals surface area contributed by atoms with Gasteiger partial charge in [-0.2, -0.15) is 5.26 Å². The van der Waals surface area contributed by atoms with E-state index in [0.717, 1.165) is 15.6 Å². The van der Waals surface area contributed by atoms with Crippen LogP contribution in [0.15, 0.2) is 53.0 Å². The SMILES string of the molecule is CC(NCc1ccccc1C#N)c1ccccc1Br. The van der Waals surface area contributed by atoms with Crippen molar-refractivity contribution in [2.24, 2.45) is 0 Å². The lowest BCUT2D eigenvalue weighted by Gasteiger charge is -2.16. The molecule has 0 aliphatic carbocycles. The highest BCUT2D eigenvalue weighted by Gasteiger charge is 2.09. The number of hydrogen-bond acceptors (Lipinski definition) is 2. The molecule has 19 heavy (non-hydrogen) atoms. The van der Waals surface area contributed by atoms with Gasteiger partial charge in [-0.25, -0.2) is 0 Å².